The predicted octanol–water partition coefficient (Wildman–Crippen LogP) is 4.06. The number of nitrogens with one attached hydrogen (secondary N) is 1. The summed E-state index contributed by atoms with van der Waals surface area (Å²) in [6, 6.07) is 13.0. The van der Waals surface area contributed by atoms with Crippen LogP contribution in [0.25, 0.3) is 0 Å². The van der Waals surface area contributed by atoms with Gasteiger partial charge in [0.2, 0.25) is 0 Å². The van der Waals surface area contributed by atoms with E-state index in [1.54, 1.807) is 24.3 Å². The van der Waals surface area contributed by atoms with Crippen LogP contribution in [0.1, 0.15) is 34.5 Å². The van der Waals surface area contributed by atoms with Gasteiger partial charge >= 0.3 is 0 Å². The Kier molecular flexibility index (Phi) is 4.74. The molecule has 0 fully saturated rings. The molecule has 0 heterocycles. The summed E-state index contributed by atoms with van der Waals surface area (Å²) < 4.78 is 12.9. The van der Waals surface area contributed by atoms with E-state index in [1.165, 1.54) is 12.1 Å². The van der Waals surface area contributed by atoms with Gasteiger partial charge in [0.15, 0.2) is 0 Å². The normalized spacial score (nSPS) is 11.9. The molecule has 0 aliphatic heterocycles. The first kappa shape index (κ1) is 14.5. The molecule has 0 aromatic heterocycles. The summed E-state index contributed by atoms with van der Waals surface area (Å²) in [5.41, 5.74) is 2.40. The van der Waals surface area contributed by atoms with Crippen LogP contribution in [0.4, 0.5) is 4.39 Å². The lowest BCUT2D eigenvalue weighted by atomic mass is 10.1. The van der Waals surface area contributed by atoms with E-state index in [2.05, 4.69) is 5.32 Å². The lowest BCUT2D eigenvalue weighted by molar-refractivity contribution is 0.0940. The average Bonchev–Trinajstić information content (AvgIpc) is 2.48. The second kappa shape index (κ2) is 6.53. The van der Waals surface area contributed by atoms with Gasteiger partial charge in [0.25, 0.3) is 5.91 Å². The third-order valence-corrected chi connectivity index (χ3v) is 3.40. The minimum Gasteiger partial charge on any atom is -0.346 e. The number of rotatable bonds is 4. The molecule has 0 saturated carbocycles. The van der Waals surface area contributed by atoms with E-state index >= 15 is 0 Å². The van der Waals surface area contributed by atoms with Gasteiger partial charge in [0, 0.05) is 11.4 Å². The van der Waals surface area contributed by atoms with Gasteiger partial charge in [-0.3, -0.25) is 4.79 Å². The van der Waals surface area contributed by atoms with Crippen molar-refractivity contribution in [2.45, 2.75) is 18.8 Å². The lowest BCUT2D eigenvalue weighted by Gasteiger charge is -2.14. The number of halogens is 2. The summed E-state index contributed by atoms with van der Waals surface area (Å²) in [7, 11) is 0. The summed E-state index contributed by atoms with van der Waals surface area (Å²) in [5, 5.41) is 2.88. The van der Waals surface area contributed by atoms with Gasteiger partial charge in [-0.15, -0.1) is 11.6 Å². The summed E-state index contributed by atoms with van der Waals surface area (Å²) in [6.07, 6.45) is 0. The molecule has 1 unspecified atom stereocenters. The number of hydrogen-bond donors (Lipinski definition) is 1. The van der Waals surface area contributed by atoms with Crippen molar-refractivity contribution < 1.29 is 9.18 Å². The minimum absolute atomic E-state index is 0.164. The van der Waals surface area contributed by atoms with Crippen molar-refractivity contribution in [2.75, 3.05) is 0 Å². The van der Waals surface area contributed by atoms with E-state index in [0.29, 0.717) is 11.4 Å². The van der Waals surface area contributed by atoms with Crippen LogP contribution in [-0.4, -0.2) is 5.91 Å². The van der Waals surface area contributed by atoms with Crippen molar-refractivity contribution in [1.29, 1.82) is 0 Å². The van der Waals surface area contributed by atoms with Crippen LogP contribution >= 0.6 is 11.6 Å². The molecule has 104 valence electrons. The molecule has 4 heteroatoms. The third kappa shape index (κ3) is 3.58. The van der Waals surface area contributed by atoms with Crippen molar-refractivity contribution in [3.8, 4) is 0 Å². The maximum absolute atomic E-state index is 12.9. The van der Waals surface area contributed by atoms with E-state index in [9.17, 15) is 9.18 Å². The largest absolute Gasteiger partial charge is 0.346 e. The first-order chi connectivity index (χ1) is 9.60. The van der Waals surface area contributed by atoms with Crippen molar-refractivity contribution >= 4 is 17.5 Å². The Morgan fingerprint density at radius 2 is 1.75 bits per heavy atom. The molecule has 1 amide bonds. The van der Waals surface area contributed by atoms with Crippen LogP contribution in [0.5, 0.6) is 0 Å². The molecule has 0 saturated heterocycles. The molecule has 2 rings (SSSR count). The van der Waals surface area contributed by atoms with Crippen molar-refractivity contribution in [2.24, 2.45) is 0 Å². The highest BCUT2D eigenvalue weighted by molar-refractivity contribution is 6.17. The van der Waals surface area contributed by atoms with Crippen LogP contribution in [0.2, 0.25) is 0 Å². The van der Waals surface area contributed by atoms with Crippen LogP contribution in [0, 0.1) is 5.82 Å². The number of carbonyl (C=O) groups excluding carboxylic acids is 1. The number of benzene rings is 2. The molecule has 2 aromatic carbocycles. The molecule has 1 atom stereocenters. The molecule has 0 bridgehead atoms. The van der Waals surface area contributed by atoms with Gasteiger partial charge in [0.1, 0.15) is 5.82 Å². The fourth-order valence-electron chi connectivity index (χ4n) is 1.86. The summed E-state index contributed by atoms with van der Waals surface area (Å²) in [5.74, 6) is -0.0275. The van der Waals surface area contributed by atoms with Gasteiger partial charge in [-0.25, -0.2) is 4.39 Å². The quantitative estimate of drug-likeness (QED) is 0.846. The van der Waals surface area contributed by atoms with Crippen molar-refractivity contribution in [3.63, 3.8) is 0 Å². The first-order valence-electron chi connectivity index (χ1n) is 6.31. The molecule has 2 aromatic rings. The van der Waals surface area contributed by atoms with E-state index in [4.69, 9.17) is 11.6 Å². The Morgan fingerprint density at radius 1 is 1.15 bits per heavy atom. The van der Waals surface area contributed by atoms with Gasteiger partial charge < -0.3 is 5.32 Å². The minimum atomic E-state index is -0.288. The highest BCUT2D eigenvalue weighted by atomic mass is 35.5. The Bertz CT molecular complexity index is 580. The number of amides is 1. The number of alkyl halides is 1. The number of carbonyl (C=O) groups is 1. The fourth-order valence-corrected chi connectivity index (χ4v) is 2.04. The standard InChI is InChI=1S/C16H15ClFNO/c1-11(13-6-8-15(18)9-7-13)19-16(20)14-4-2-12(10-17)3-5-14/h2-9,11H,10H2,1H3,(H,19,20). The van der Waals surface area contributed by atoms with Gasteiger partial charge in [-0.1, -0.05) is 24.3 Å². The lowest BCUT2D eigenvalue weighted by Crippen LogP contribution is -2.26. The van der Waals surface area contributed by atoms with Gasteiger partial charge in [-0.2, -0.15) is 0 Å². The zero-order chi connectivity index (χ0) is 14.5. The molecule has 0 radical (unpaired) electrons. The molecule has 0 spiro atoms. The maximum Gasteiger partial charge on any atom is 0.251 e. The van der Waals surface area contributed by atoms with Gasteiger partial charge in [-0.05, 0) is 42.3 Å². The second-order valence-electron chi connectivity index (χ2n) is 4.58. The Morgan fingerprint density at radius 3 is 2.30 bits per heavy atom. The van der Waals surface area contributed by atoms with E-state index < -0.39 is 0 Å². The summed E-state index contributed by atoms with van der Waals surface area (Å²) >= 11 is 5.70. The molecule has 2 nitrogen and oxygen atoms in total. The average molecular weight is 292 g/mol. The Labute approximate surface area is 122 Å². The molecule has 0 aliphatic rings. The zero-order valence-corrected chi connectivity index (χ0v) is 11.8. The second-order valence-corrected chi connectivity index (χ2v) is 4.84. The monoisotopic (exact) mass is 291 g/mol. The highest BCUT2D eigenvalue weighted by Crippen LogP contribution is 2.14. The molecule has 0 aliphatic carbocycles. The Hall–Kier alpha value is -1.87. The SMILES string of the molecule is CC(NC(=O)c1ccc(CCl)cc1)c1ccc(F)cc1. The predicted molar refractivity (Wildman–Crippen MR) is 78.3 cm³/mol. The van der Waals surface area contributed by atoms with Crippen LogP contribution in [0.15, 0.2) is 48.5 Å². The first-order valence-corrected chi connectivity index (χ1v) is 6.85. The zero-order valence-electron chi connectivity index (χ0n) is 11.1. The summed E-state index contributed by atoms with van der Waals surface area (Å²) in [4.78, 5) is 12.1. The van der Waals surface area contributed by atoms with Crippen LogP contribution in [0.3, 0.4) is 0 Å². The van der Waals surface area contributed by atoms with Crippen molar-refractivity contribution in [3.05, 3.63) is 71.0 Å². The molecule has 20 heavy (non-hydrogen) atoms. The topological polar surface area (TPSA) is 29.1 Å². The molecule has 1 N–H and O–H groups in total. The van der Waals surface area contributed by atoms with Crippen LogP contribution in [-0.2, 0) is 5.88 Å². The smallest absolute Gasteiger partial charge is 0.251 e. The van der Waals surface area contributed by atoms with Gasteiger partial charge in [0.05, 0.1) is 6.04 Å². The summed E-state index contributed by atoms with van der Waals surface area (Å²) in [6.45, 7) is 1.86. The van der Waals surface area contributed by atoms with E-state index in [1.807, 2.05) is 19.1 Å². The highest BCUT2D eigenvalue weighted by Gasteiger charge is 2.11. The van der Waals surface area contributed by atoms with E-state index in [-0.39, 0.29) is 17.8 Å². The maximum atomic E-state index is 12.9. The Balaban J connectivity index is 2.04. The van der Waals surface area contributed by atoms with Crippen LogP contribution < -0.4 is 5.32 Å². The number of hydrogen-bond acceptors (Lipinski definition) is 1. The van der Waals surface area contributed by atoms with Crippen molar-refractivity contribution in [1.82, 2.24) is 5.32 Å². The van der Waals surface area contributed by atoms with E-state index in [0.717, 1.165) is 11.1 Å². The fraction of sp³-hybridized carbons (Fsp3) is 0.188. The molecular weight excluding hydrogens is 277 g/mol. The molecular formula is C16H15ClFNO. The third-order valence-electron chi connectivity index (χ3n) is 3.09.